The number of halogens is 3. The van der Waals surface area contributed by atoms with Crippen molar-refractivity contribution in [3.8, 4) is 0 Å². The van der Waals surface area contributed by atoms with Crippen LogP contribution >= 0.6 is 11.8 Å². The van der Waals surface area contributed by atoms with E-state index in [9.17, 15) is 13.2 Å². The van der Waals surface area contributed by atoms with E-state index < -0.39 is 12.7 Å². The molecule has 1 atom stereocenters. The van der Waals surface area contributed by atoms with E-state index in [-0.39, 0.29) is 0 Å². The zero-order valence-corrected chi connectivity index (χ0v) is 16.1. The van der Waals surface area contributed by atoms with Crippen LogP contribution in [-0.4, -0.2) is 74.5 Å². The Hall–Kier alpha value is -1.41. The Labute approximate surface area is 157 Å². The zero-order chi connectivity index (χ0) is 19.0. The summed E-state index contributed by atoms with van der Waals surface area (Å²) in [5, 5.41) is 3.18. The minimum absolute atomic E-state index is 0.319. The highest BCUT2D eigenvalue weighted by molar-refractivity contribution is 7.99. The van der Waals surface area contributed by atoms with Gasteiger partial charge in [0.25, 0.3) is 0 Å². The van der Waals surface area contributed by atoms with Crippen LogP contribution in [0.4, 0.5) is 13.2 Å². The number of likely N-dealkylation sites (tertiary alicyclic amines) is 1. The molecule has 1 fully saturated rings. The number of alkyl halides is 3. The fourth-order valence-corrected chi connectivity index (χ4v) is 4.02. The number of benzene rings is 1. The van der Waals surface area contributed by atoms with Gasteiger partial charge in [-0.2, -0.15) is 13.2 Å². The predicted octanol–water partition coefficient (Wildman–Crippen LogP) is 3.17. The molecule has 1 aliphatic rings. The molecule has 8 heteroatoms. The molecule has 0 amide bonds. The molecule has 1 unspecified atom stereocenters. The largest absolute Gasteiger partial charge is 0.401 e. The van der Waals surface area contributed by atoms with Gasteiger partial charge in [0.1, 0.15) is 0 Å². The summed E-state index contributed by atoms with van der Waals surface area (Å²) in [7, 11) is 3.19. The van der Waals surface area contributed by atoms with E-state index in [1.54, 1.807) is 7.05 Å². The topological polar surface area (TPSA) is 30.9 Å². The molecule has 0 radical (unpaired) electrons. The molecule has 1 aromatic carbocycles. The molecule has 1 N–H and O–H groups in total. The Morgan fingerprint density at radius 3 is 2.73 bits per heavy atom. The summed E-state index contributed by atoms with van der Waals surface area (Å²) in [4.78, 5) is 9.02. The predicted molar refractivity (Wildman–Crippen MR) is 102 cm³/mol. The van der Waals surface area contributed by atoms with Gasteiger partial charge >= 0.3 is 6.18 Å². The summed E-state index contributed by atoms with van der Waals surface area (Å²) in [6.07, 6.45) is -3.05. The lowest BCUT2D eigenvalue weighted by atomic mass is 10.2. The van der Waals surface area contributed by atoms with Crippen molar-refractivity contribution in [3.05, 3.63) is 30.3 Å². The summed E-state index contributed by atoms with van der Waals surface area (Å²) >= 11 is 1.87. The van der Waals surface area contributed by atoms with Crippen molar-refractivity contribution in [2.24, 2.45) is 10.9 Å². The van der Waals surface area contributed by atoms with Crippen LogP contribution < -0.4 is 5.32 Å². The monoisotopic (exact) mass is 388 g/mol. The molecule has 1 aromatic rings. The van der Waals surface area contributed by atoms with E-state index >= 15 is 0 Å². The van der Waals surface area contributed by atoms with Crippen molar-refractivity contribution >= 4 is 17.7 Å². The number of rotatable bonds is 7. The average molecular weight is 389 g/mol. The first kappa shape index (κ1) is 20.9. The summed E-state index contributed by atoms with van der Waals surface area (Å²) in [5.41, 5.74) is 0. The average Bonchev–Trinajstić information content (AvgIpc) is 3.05. The van der Waals surface area contributed by atoms with Crippen LogP contribution in [0.5, 0.6) is 0 Å². The number of aliphatic imine (C=N–C) groups is 1. The summed E-state index contributed by atoms with van der Waals surface area (Å²) in [5.74, 6) is 2.43. The van der Waals surface area contributed by atoms with Gasteiger partial charge in [-0.1, -0.05) is 18.2 Å². The number of hydrogen-bond donors (Lipinski definition) is 1. The second-order valence-electron chi connectivity index (χ2n) is 6.55. The molecule has 26 heavy (non-hydrogen) atoms. The number of hydrogen-bond acceptors (Lipinski definition) is 3. The third-order valence-electron chi connectivity index (χ3n) is 4.25. The fraction of sp³-hybridized carbons (Fsp3) is 0.611. The van der Waals surface area contributed by atoms with E-state index in [4.69, 9.17) is 0 Å². The molecule has 1 saturated heterocycles. The van der Waals surface area contributed by atoms with Crippen LogP contribution in [0.2, 0.25) is 0 Å². The number of guanidine groups is 1. The fourth-order valence-electron chi connectivity index (χ4n) is 2.97. The SMILES string of the molecule is CN=C(NCCN(C)CC(F)(F)F)N1CCC(CSc2ccccc2)C1. The third-order valence-corrected chi connectivity index (χ3v) is 5.50. The quantitative estimate of drug-likeness (QED) is 0.442. The molecular formula is C18H27F3N4S. The van der Waals surface area contributed by atoms with Gasteiger partial charge in [0.05, 0.1) is 6.54 Å². The van der Waals surface area contributed by atoms with Gasteiger partial charge in [-0.05, 0) is 31.5 Å². The molecule has 4 nitrogen and oxygen atoms in total. The molecule has 1 aliphatic heterocycles. The first-order chi connectivity index (χ1) is 12.4. The van der Waals surface area contributed by atoms with E-state index in [2.05, 4.69) is 27.3 Å². The maximum atomic E-state index is 12.3. The molecule has 0 saturated carbocycles. The molecule has 1 heterocycles. The zero-order valence-electron chi connectivity index (χ0n) is 15.3. The van der Waals surface area contributed by atoms with Gasteiger partial charge in [0.15, 0.2) is 5.96 Å². The van der Waals surface area contributed by atoms with E-state index in [0.29, 0.717) is 19.0 Å². The number of likely N-dealkylation sites (N-methyl/N-ethyl adjacent to an activating group) is 1. The van der Waals surface area contributed by atoms with Crippen molar-refractivity contribution < 1.29 is 13.2 Å². The molecule has 0 spiro atoms. The van der Waals surface area contributed by atoms with Crippen LogP contribution in [0.1, 0.15) is 6.42 Å². The van der Waals surface area contributed by atoms with Crippen LogP contribution in [0.15, 0.2) is 40.2 Å². The number of thioether (sulfide) groups is 1. The maximum absolute atomic E-state index is 12.3. The van der Waals surface area contributed by atoms with Gasteiger partial charge in [-0.3, -0.25) is 9.89 Å². The molecule has 0 bridgehead atoms. The van der Waals surface area contributed by atoms with E-state index in [0.717, 1.165) is 31.2 Å². The van der Waals surface area contributed by atoms with Crippen LogP contribution in [-0.2, 0) is 0 Å². The van der Waals surface area contributed by atoms with Gasteiger partial charge in [-0.15, -0.1) is 11.8 Å². The summed E-state index contributed by atoms with van der Waals surface area (Å²) in [6, 6.07) is 10.4. The summed E-state index contributed by atoms with van der Waals surface area (Å²) < 4.78 is 37.0. The molecule has 0 aliphatic carbocycles. The second kappa shape index (κ2) is 10.1. The molecule has 2 rings (SSSR count). The van der Waals surface area contributed by atoms with Crippen molar-refractivity contribution in [3.63, 3.8) is 0 Å². The Balaban J connectivity index is 1.70. The van der Waals surface area contributed by atoms with Crippen molar-refractivity contribution in [2.45, 2.75) is 17.5 Å². The normalized spacial score (nSPS) is 18.6. The van der Waals surface area contributed by atoms with Crippen molar-refractivity contribution in [2.75, 3.05) is 52.6 Å². The van der Waals surface area contributed by atoms with Crippen LogP contribution in [0, 0.1) is 5.92 Å². The van der Waals surface area contributed by atoms with Gasteiger partial charge in [0, 0.05) is 43.9 Å². The molecule has 0 aromatic heterocycles. The second-order valence-corrected chi connectivity index (χ2v) is 7.65. The van der Waals surface area contributed by atoms with Crippen molar-refractivity contribution in [1.29, 1.82) is 0 Å². The van der Waals surface area contributed by atoms with Crippen LogP contribution in [0.25, 0.3) is 0 Å². The standard InChI is InChI=1S/C18H27F3N4S/c1-22-17(23-9-11-24(2)14-18(19,20)21)25-10-8-15(12-25)13-26-16-6-4-3-5-7-16/h3-7,15H,8-14H2,1-2H3,(H,22,23). The highest BCUT2D eigenvalue weighted by Gasteiger charge is 2.29. The Morgan fingerprint density at radius 2 is 2.08 bits per heavy atom. The lowest BCUT2D eigenvalue weighted by Gasteiger charge is -2.23. The van der Waals surface area contributed by atoms with Gasteiger partial charge in [-0.25, -0.2) is 0 Å². The minimum atomic E-state index is -4.16. The number of nitrogens with zero attached hydrogens (tertiary/aromatic N) is 3. The highest BCUT2D eigenvalue weighted by Crippen LogP contribution is 2.25. The van der Waals surface area contributed by atoms with Crippen LogP contribution in [0.3, 0.4) is 0 Å². The van der Waals surface area contributed by atoms with Gasteiger partial charge < -0.3 is 10.2 Å². The van der Waals surface area contributed by atoms with Gasteiger partial charge in [0.2, 0.25) is 0 Å². The van der Waals surface area contributed by atoms with E-state index in [1.165, 1.54) is 16.8 Å². The molecular weight excluding hydrogens is 361 g/mol. The lowest BCUT2D eigenvalue weighted by Crippen LogP contribution is -2.44. The lowest BCUT2D eigenvalue weighted by molar-refractivity contribution is -0.142. The smallest absolute Gasteiger partial charge is 0.355 e. The first-order valence-corrected chi connectivity index (χ1v) is 9.74. The first-order valence-electron chi connectivity index (χ1n) is 8.76. The minimum Gasteiger partial charge on any atom is -0.355 e. The highest BCUT2D eigenvalue weighted by atomic mass is 32.2. The maximum Gasteiger partial charge on any atom is 0.401 e. The third kappa shape index (κ3) is 7.45. The Morgan fingerprint density at radius 1 is 1.35 bits per heavy atom. The number of nitrogens with one attached hydrogen (secondary N) is 1. The Bertz CT molecular complexity index is 565. The van der Waals surface area contributed by atoms with Crippen molar-refractivity contribution in [1.82, 2.24) is 15.1 Å². The Kier molecular flexibility index (Phi) is 8.09. The summed E-state index contributed by atoms with van der Waals surface area (Å²) in [6.45, 7) is 1.73. The molecule has 146 valence electrons. The van der Waals surface area contributed by atoms with E-state index in [1.807, 2.05) is 30.0 Å².